The number of thioether (sulfide) groups is 1. The number of carbonyl (C=O) groups excluding carboxylic acids is 2. The van der Waals surface area contributed by atoms with Crippen LogP contribution in [0.25, 0.3) is 0 Å². The number of carbonyl (C=O) groups is 2. The van der Waals surface area contributed by atoms with Crippen molar-refractivity contribution in [1.82, 2.24) is 0 Å². The van der Waals surface area contributed by atoms with E-state index in [1.54, 1.807) is 43.3 Å². The highest BCUT2D eigenvalue weighted by Crippen LogP contribution is 2.35. The molecule has 150 valence electrons. The highest BCUT2D eigenvalue weighted by atomic mass is 32.2. The first-order valence-corrected chi connectivity index (χ1v) is 9.23. The molecule has 0 heterocycles. The predicted octanol–water partition coefficient (Wildman–Crippen LogP) is 4.46. The molecule has 0 unspecified atom stereocenters. The van der Waals surface area contributed by atoms with Crippen molar-refractivity contribution in [1.29, 1.82) is 0 Å². The minimum Gasteiger partial charge on any atom is -0.376 e. The molecule has 28 heavy (non-hydrogen) atoms. The largest absolute Gasteiger partial charge is 0.416 e. The van der Waals surface area contributed by atoms with E-state index in [2.05, 4.69) is 10.6 Å². The molecule has 0 aliphatic carbocycles. The molecule has 5 nitrogen and oxygen atoms in total. The fraction of sp³-hybridized carbons (Fsp3) is 0.263. The molecule has 0 saturated heterocycles. The number of alkyl halides is 3. The molecule has 2 amide bonds. The van der Waals surface area contributed by atoms with Crippen LogP contribution in [0, 0.1) is 0 Å². The Kier molecular flexibility index (Phi) is 6.95. The van der Waals surface area contributed by atoms with E-state index < -0.39 is 17.6 Å². The van der Waals surface area contributed by atoms with Crippen LogP contribution in [-0.4, -0.2) is 31.7 Å². The fourth-order valence-electron chi connectivity index (χ4n) is 2.38. The molecule has 2 rings (SSSR count). The quantitative estimate of drug-likeness (QED) is 0.689. The molecule has 2 aromatic rings. The normalized spacial score (nSPS) is 11.1. The number of nitrogens with zero attached hydrogens (tertiary/aromatic N) is 1. The summed E-state index contributed by atoms with van der Waals surface area (Å²) < 4.78 is 38.9. The molecule has 2 N–H and O–H groups in total. The van der Waals surface area contributed by atoms with E-state index in [4.69, 9.17) is 0 Å². The Labute approximate surface area is 165 Å². The zero-order chi connectivity index (χ0) is 20.9. The van der Waals surface area contributed by atoms with E-state index in [9.17, 15) is 22.8 Å². The van der Waals surface area contributed by atoms with Gasteiger partial charge in [-0.25, -0.2) is 0 Å². The molecule has 0 aromatic heterocycles. The number of rotatable bonds is 6. The van der Waals surface area contributed by atoms with Gasteiger partial charge in [0.15, 0.2) is 0 Å². The van der Waals surface area contributed by atoms with Gasteiger partial charge in [0.05, 0.1) is 22.7 Å². The third kappa shape index (κ3) is 6.19. The monoisotopic (exact) mass is 411 g/mol. The Balaban J connectivity index is 2.05. The number of hydrogen-bond acceptors (Lipinski definition) is 4. The standard InChI is InChI=1S/C19H20F3N3O2S/c1-12(26)23-14-5-7-15(8-6-14)28-11-18(27)24-16-10-13(19(20,21)22)4-9-17(16)25(2)3/h4-10H,11H2,1-3H3,(H,23,26)(H,24,27). The molecule has 2 aromatic carbocycles. The molecule has 0 saturated carbocycles. The summed E-state index contributed by atoms with van der Waals surface area (Å²) in [6, 6.07) is 10.2. The molecule has 0 radical (unpaired) electrons. The third-order valence-electron chi connectivity index (χ3n) is 3.62. The highest BCUT2D eigenvalue weighted by Gasteiger charge is 2.31. The molecular weight excluding hydrogens is 391 g/mol. The smallest absolute Gasteiger partial charge is 0.376 e. The number of nitrogens with one attached hydrogen (secondary N) is 2. The first-order chi connectivity index (χ1) is 13.1. The maximum absolute atomic E-state index is 13.0. The van der Waals surface area contributed by atoms with Crippen molar-refractivity contribution in [3.8, 4) is 0 Å². The Bertz CT molecular complexity index is 852. The van der Waals surface area contributed by atoms with Crippen LogP contribution in [0.15, 0.2) is 47.4 Å². The van der Waals surface area contributed by atoms with Gasteiger partial charge in [0.25, 0.3) is 0 Å². The fourth-order valence-corrected chi connectivity index (χ4v) is 3.07. The SMILES string of the molecule is CC(=O)Nc1ccc(SCC(=O)Nc2cc(C(F)(F)F)ccc2N(C)C)cc1. The predicted molar refractivity (Wildman–Crippen MR) is 106 cm³/mol. The van der Waals surface area contributed by atoms with Crippen LogP contribution in [0.3, 0.4) is 0 Å². The number of anilines is 3. The van der Waals surface area contributed by atoms with E-state index in [-0.39, 0.29) is 17.3 Å². The topological polar surface area (TPSA) is 61.4 Å². The lowest BCUT2D eigenvalue weighted by atomic mass is 10.1. The average Bonchev–Trinajstić information content (AvgIpc) is 2.59. The minimum absolute atomic E-state index is 0.0304. The zero-order valence-corrected chi connectivity index (χ0v) is 16.4. The van der Waals surface area contributed by atoms with Gasteiger partial charge in [-0.15, -0.1) is 11.8 Å². The van der Waals surface area contributed by atoms with Crippen LogP contribution in [0.4, 0.5) is 30.2 Å². The summed E-state index contributed by atoms with van der Waals surface area (Å²) in [5, 5.41) is 5.19. The summed E-state index contributed by atoms with van der Waals surface area (Å²) >= 11 is 1.24. The molecule has 9 heteroatoms. The van der Waals surface area contributed by atoms with Crippen LogP contribution in [0.1, 0.15) is 12.5 Å². The second-order valence-electron chi connectivity index (χ2n) is 6.17. The van der Waals surface area contributed by atoms with Gasteiger partial charge in [-0.3, -0.25) is 9.59 Å². The van der Waals surface area contributed by atoms with E-state index in [0.717, 1.165) is 17.0 Å². The first kappa shape index (κ1) is 21.6. The van der Waals surface area contributed by atoms with Gasteiger partial charge in [-0.1, -0.05) is 0 Å². The lowest BCUT2D eigenvalue weighted by Crippen LogP contribution is -2.19. The van der Waals surface area contributed by atoms with Crippen molar-refractivity contribution in [3.05, 3.63) is 48.0 Å². The van der Waals surface area contributed by atoms with Crippen molar-refractivity contribution in [2.45, 2.75) is 18.0 Å². The molecule has 0 aliphatic rings. The van der Waals surface area contributed by atoms with Crippen LogP contribution < -0.4 is 15.5 Å². The first-order valence-electron chi connectivity index (χ1n) is 8.25. The Morgan fingerprint density at radius 3 is 2.21 bits per heavy atom. The van der Waals surface area contributed by atoms with Crippen LogP contribution in [0.2, 0.25) is 0 Å². The summed E-state index contributed by atoms with van der Waals surface area (Å²) in [7, 11) is 3.37. The van der Waals surface area contributed by atoms with Crippen molar-refractivity contribution in [3.63, 3.8) is 0 Å². The molecule has 0 atom stereocenters. The van der Waals surface area contributed by atoms with E-state index >= 15 is 0 Å². The molecule has 0 aliphatic heterocycles. The summed E-state index contributed by atoms with van der Waals surface area (Å²) in [6.45, 7) is 1.41. The molecular formula is C19H20F3N3O2S. The number of benzene rings is 2. The minimum atomic E-state index is -4.49. The van der Waals surface area contributed by atoms with Crippen molar-refractivity contribution in [2.75, 3.05) is 35.4 Å². The molecule has 0 spiro atoms. The van der Waals surface area contributed by atoms with Crippen LogP contribution >= 0.6 is 11.8 Å². The van der Waals surface area contributed by atoms with Gasteiger partial charge in [0.1, 0.15) is 0 Å². The van der Waals surface area contributed by atoms with E-state index in [1.165, 1.54) is 24.8 Å². The van der Waals surface area contributed by atoms with Gasteiger partial charge in [0, 0.05) is 31.6 Å². The van der Waals surface area contributed by atoms with Gasteiger partial charge in [-0.2, -0.15) is 13.2 Å². The van der Waals surface area contributed by atoms with Crippen molar-refractivity contribution in [2.24, 2.45) is 0 Å². The summed E-state index contributed by atoms with van der Waals surface area (Å²) in [5.74, 6) is -0.571. The Hall–Kier alpha value is -2.68. The summed E-state index contributed by atoms with van der Waals surface area (Å²) in [5.41, 5.74) is 0.396. The maximum Gasteiger partial charge on any atom is 0.416 e. The lowest BCUT2D eigenvalue weighted by molar-refractivity contribution is -0.137. The summed E-state index contributed by atoms with van der Waals surface area (Å²) in [4.78, 5) is 25.7. The van der Waals surface area contributed by atoms with Crippen molar-refractivity contribution < 1.29 is 22.8 Å². The maximum atomic E-state index is 13.0. The second-order valence-corrected chi connectivity index (χ2v) is 7.22. The number of amides is 2. The average molecular weight is 411 g/mol. The Morgan fingerprint density at radius 2 is 1.68 bits per heavy atom. The highest BCUT2D eigenvalue weighted by molar-refractivity contribution is 8.00. The van der Waals surface area contributed by atoms with Gasteiger partial charge in [0.2, 0.25) is 11.8 Å². The second kappa shape index (κ2) is 9.01. The molecule has 0 bridgehead atoms. The van der Waals surface area contributed by atoms with E-state index in [1.807, 2.05) is 0 Å². The number of halogens is 3. The van der Waals surface area contributed by atoms with Gasteiger partial charge >= 0.3 is 6.18 Å². The van der Waals surface area contributed by atoms with E-state index in [0.29, 0.717) is 11.4 Å². The lowest BCUT2D eigenvalue weighted by Gasteiger charge is -2.19. The van der Waals surface area contributed by atoms with Crippen molar-refractivity contribution >= 4 is 40.6 Å². The summed E-state index contributed by atoms with van der Waals surface area (Å²) in [6.07, 6.45) is -4.49. The number of hydrogen-bond donors (Lipinski definition) is 2. The van der Waals surface area contributed by atoms with Gasteiger partial charge in [-0.05, 0) is 42.5 Å². The van der Waals surface area contributed by atoms with Gasteiger partial charge < -0.3 is 15.5 Å². The Morgan fingerprint density at radius 1 is 1.04 bits per heavy atom. The van der Waals surface area contributed by atoms with Crippen LogP contribution in [-0.2, 0) is 15.8 Å². The van der Waals surface area contributed by atoms with Crippen LogP contribution in [0.5, 0.6) is 0 Å². The third-order valence-corrected chi connectivity index (χ3v) is 4.64. The molecule has 0 fully saturated rings. The zero-order valence-electron chi connectivity index (χ0n) is 15.6.